The summed E-state index contributed by atoms with van der Waals surface area (Å²) in [5.41, 5.74) is 0.399. The van der Waals surface area contributed by atoms with Gasteiger partial charge in [-0.15, -0.1) is 0 Å². The highest BCUT2D eigenvalue weighted by Crippen LogP contribution is 2.48. The van der Waals surface area contributed by atoms with Crippen molar-refractivity contribution in [3.8, 4) is 17.6 Å². The van der Waals surface area contributed by atoms with Crippen LogP contribution in [-0.4, -0.2) is 10.2 Å². The Bertz CT molecular complexity index is 388. The molecule has 2 N–H and O–H groups in total. The van der Waals surface area contributed by atoms with Gasteiger partial charge in [0.2, 0.25) is 0 Å². The topological polar surface area (TPSA) is 64.2 Å². The molecule has 0 amide bonds. The van der Waals surface area contributed by atoms with Crippen molar-refractivity contribution in [1.29, 1.82) is 5.26 Å². The number of hydrogen-bond acceptors (Lipinski definition) is 3. The second-order valence-electron chi connectivity index (χ2n) is 3.40. The van der Waals surface area contributed by atoms with Crippen LogP contribution in [0, 0.1) is 11.3 Å². The molecule has 0 bridgehead atoms. The number of nitrogens with zero attached hydrogens (tertiary/aromatic N) is 1. The number of aromatic hydroxyl groups is 2. The molecule has 1 aliphatic rings. The Labute approximate surface area is 75.9 Å². The summed E-state index contributed by atoms with van der Waals surface area (Å²) in [6.45, 7) is 0. The van der Waals surface area contributed by atoms with Crippen LogP contribution in [0.15, 0.2) is 18.2 Å². The summed E-state index contributed by atoms with van der Waals surface area (Å²) in [5.74, 6) is -0.295. The zero-order chi connectivity index (χ0) is 9.47. The van der Waals surface area contributed by atoms with E-state index in [4.69, 9.17) is 10.4 Å². The summed E-state index contributed by atoms with van der Waals surface area (Å²) in [6.07, 6.45) is 1.68. The molecule has 13 heavy (non-hydrogen) atoms. The highest BCUT2D eigenvalue weighted by Gasteiger charge is 2.45. The van der Waals surface area contributed by atoms with E-state index in [-0.39, 0.29) is 11.5 Å². The molecule has 1 saturated carbocycles. The number of rotatable bonds is 1. The molecule has 3 nitrogen and oxygen atoms in total. The third-order valence-corrected chi connectivity index (χ3v) is 2.49. The lowest BCUT2D eigenvalue weighted by Crippen LogP contribution is -2.01. The zero-order valence-electron chi connectivity index (χ0n) is 6.99. The van der Waals surface area contributed by atoms with Crippen molar-refractivity contribution in [3.05, 3.63) is 23.8 Å². The predicted molar refractivity (Wildman–Crippen MR) is 46.3 cm³/mol. The molecule has 0 aromatic heterocycles. The summed E-state index contributed by atoms with van der Waals surface area (Å²) < 4.78 is 0. The van der Waals surface area contributed by atoms with Gasteiger partial charge in [0.25, 0.3) is 0 Å². The van der Waals surface area contributed by atoms with Gasteiger partial charge in [-0.05, 0) is 30.5 Å². The van der Waals surface area contributed by atoms with Crippen molar-refractivity contribution in [2.75, 3.05) is 0 Å². The average molecular weight is 175 g/mol. The minimum absolute atomic E-state index is 0.141. The van der Waals surface area contributed by atoms with Crippen molar-refractivity contribution in [1.82, 2.24) is 0 Å². The van der Waals surface area contributed by atoms with Crippen molar-refractivity contribution in [2.24, 2.45) is 0 Å². The lowest BCUT2D eigenvalue weighted by Gasteiger charge is -2.06. The molecule has 0 saturated heterocycles. The van der Waals surface area contributed by atoms with Crippen LogP contribution in [0.5, 0.6) is 11.5 Å². The monoisotopic (exact) mass is 175 g/mol. The van der Waals surface area contributed by atoms with Gasteiger partial charge in [0.15, 0.2) is 11.5 Å². The van der Waals surface area contributed by atoms with Crippen LogP contribution in [0.4, 0.5) is 0 Å². The van der Waals surface area contributed by atoms with Crippen molar-refractivity contribution >= 4 is 0 Å². The zero-order valence-corrected chi connectivity index (χ0v) is 6.99. The number of hydrogen-bond donors (Lipinski definition) is 2. The molecule has 0 atom stereocenters. The lowest BCUT2D eigenvalue weighted by atomic mass is 9.97. The molecule has 1 aromatic carbocycles. The lowest BCUT2D eigenvalue weighted by molar-refractivity contribution is 0.403. The number of benzene rings is 1. The molecule has 2 rings (SSSR count). The van der Waals surface area contributed by atoms with Gasteiger partial charge in [-0.1, -0.05) is 6.07 Å². The Morgan fingerprint density at radius 1 is 1.23 bits per heavy atom. The Kier molecular flexibility index (Phi) is 1.46. The SMILES string of the molecule is N#CC1(c2ccc(O)c(O)c2)CC1. The van der Waals surface area contributed by atoms with E-state index < -0.39 is 5.41 Å². The number of phenolic OH excluding ortho intramolecular Hbond substituents is 2. The van der Waals surface area contributed by atoms with Crippen molar-refractivity contribution in [3.63, 3.8) is 0 Å². The van der Waals surface area contributed by atoms with Gasteiger partial charge in [0, 0.05) is 0 Å². The van der Waals surface area contributed by atoms with E-state index in [0.717, 1.165) is 18.4 Å². The van der Waals surface area contributed by atoms with Crippen molar-refractivity contribution < 1.29 is 10.2 Å². The van der Waals surface area contributed by atoms with Gasteiger partial charge >= 0.3 is 0 Å². The largest absolute Gasteiger partial charge is 0.504 e. The first-order chi connectivity index (χ1) is 6.18. The molecular weight excluding hydrogens is 166 g/mol. The predicted octanol–water partition coefficient (Wildman–Crippen LogP) is 1.65. The number of phenols is 2. The first-order valence-corrected chi connectivity index (χ1v) is 4.12. The Morgan fingerprint density at radius 2 is 1.92 bits per heavy atom. The van der Waals surface area contributed by atoms with Crippen LogP contribution in [0.25, 0.3) is 0 Å². The number of nitriles is 1. The Morgan fingerprint density at radius 3 is 2.38 bits per heavy atom. The van der Waals surface area contributed by atoms with Gasteiger partial charge in [0.05, 0.1) is 11.5 Å². The highest BCUT2D eigenvalue weighted by molar-refractivity contribution is 5.47. The summed E-state index contributed by atoms with van der Waals surface area (Å²) in [4.78, 5) is 0. The highest BCUT2D eigenvalue weighted by atomic mass is 16.3. The molecular formula is C10H9NO2. The molecule has 0 radical (unpaired) electrons. The fourth-order valence-electron chi connectivity index (χ4n) is 1.41. The normalized spacial score (nSPS) is 17.8. The summed E-state index contributed by atoms with van der Waals surface area (Å²) >= 11 is 0. The summed E-state index contributed by atoms with van der Waals surface area (Å²) in [6, 6.07) is 6.79. The quantitative estimate of drug-likeness (QED) is 0.638. The van der Waals surface area contributed by atoms with Crippen LogP contribution >= 0.6 is 0 Å². The maximum absolute atomic E-state index is 9.23. The molecule has 1 aliphatic carbocycles. The molecule has 1 fully saturated rings. The third-order valence-electron chi connectivity index (χ3n) is 2.49. The van der Waals surface area contributed by atoms with Gasteiger partial charge in [0.1, 0.15) is 0 Å². The van der Waals surface area contributed by atoms with E-state index in [1.54, 1.807) is 6.07 Å². The van der Waals surface area contributed by atoms with E-state index in [2.05, 4.69) is 6.07 Å². The van der Waals surface area contributed by atoms with Crippen LogP contribution in [-0.2, 0) is 5.41 Å². The standard InChI is InChI=1S/C10H9NO2/c11-6-10(3-4-10)7-1-2-8(12)9(13)5-7/h1-2,5,12-13H,3-4H2. The van der Waals surface area contributed by atoms with Gasteiger partial charge in [-0.25, -0.2) is 0 Å². The maximum Gasteiger partial charge on any atom is 0.157 e. The third kappa shape index (κ3) is 1.11. The maximum atomic E-state index is 9.23. The molecule has 3 heteroatoms. The molecule has 0 heterocycles. The van der Waals surface area contributed by atoms with E-state index in [0.29, 0.717) is 0 Å². The molecule has 0 aliphatic heterocycles. The second-order valence-corrected chi connectivity index (χ2v) is 3.40. The first-order valence-electron chi connectivity index (χ1n) is 4.12. The summed E-state index contributed by atoms with van der Waals surface area (Å²) in [7, 11) is 0. The second kappa shape index (κ2) is 2.40. The van der Waals surface area contributed by atoms with E-state index in [1.165, 1.54) is 12.1 Å². The van der Waals surface area contributed by atoms with Crippen LogP contribution < -0.4 is 0 Å². The first kappa shape index (κ1) is 7.93. The van der Waals surface area contributed by atoms with Crippen molar-refractivity contribution in [2.45, 2.75) is 18.3 Å². The van der Waals surface area contributed by atoms with E-state index in [1.807, 2.05) is 0 Å². The van der Waals surface area contributed by atoms with Gasteiger partial charge in [-0.3, -0.25) is 0 Å². The Balaban J connectivity index is 2.44. The van der Waals surface area contributed by atoms with Gasteiger partial charge < -0.3 is 10.2 Å². The molecule has 1 aromatic rings. The molecule has 0 unspecified atom stereocenters. The van der Waals surface area contributed by atoms with E-state index in [9.17, 15) is 5.11 Å². The summed E-state index contributed by atoms with van der Waals surface area (Å²) in [5, 5.41) is 27.2. The molecule has 0 spiro atoms. The van der Waals surface area contributed by atoms with Crippen LogP contribution in [0.3, 0.4) is 0 Å². The minimum atomic E-state index is -0.398. The minimum Gasteiger partial charge on any atom is -0.504 e. The van der Waals surface area contributed by atoms with Crippen LogP contribution in [0.2, 0.25) is 0 Å². The fraction of sp³-hybridized carbons (Fsp3) is 0.300. The molecule has 66 valence electrons. The fourth-order valence-corrected chi connectivity index (χ4v) is 1.41. The van der Waals surface area contributed by atoms with Crippen LogP contribution in [0.1, 0.15) is 18.4 Å². The van der Waals surface area contributed by atoms with E-state index >= 15 is 0 Å². The smallest absolute Gasteiger partial charge is 0.157 e. The Hall–Kier alpha value is -1.69. The average Bonchev–Trinajstić information content (AvgIpc) is 2.90. The van der Waals surface area contributed by atoms with Gasteiger partial charge in [-0.2, -0.15) is 5.26 Å².